The van der Waals surface area contributed by atoms with Crippen LogP contribution in [-0.2, 0) is 10.0 Å². The fourth-order valence-electron chi connectivity index (χ4n) is 3.17. The van der Waals surface area contributed by atoms with E-state index in [2.05, 4.69) is 0 Å². The SMILES string of the molecule is CSc1c(Oc2ccc(F)c(I)c2)c(F)cc2c1ccn2S(=O)(=O)c1ccc(C)cc1. The Balaban J connectivity index is 1.85. The van der Waals surface area contributed by atoms with E-state index in [1.165, 1.54) is 48.3 Å². The first-order valence-corrected chi connectivity index (χ1v) is 12.8. The van der Waals surface area contributed by atoms with Crippen LogP contribution in [0.4, 0.5) is 8.78 Å². The van der Waals surface area contributed by atoms with Crippen molar-refractivity contribution in [3.63, 3.8) is 0 Å². The summed E-state index contributed by atoms with van der Waals surface area (Å²) in [5, 5.41) is 0.538. The Morgan fingerprint density at radius 3 is 2.35 bits per heavy atom. The van der Waals surface area contributed by atoms with Gasteiger partial charge in [-0.25, -0.2) is 21.2 Å². The van der Waals surface area contributed by atoms with Crippen LogP contribution in [0.5, 0.6) is 11.5 Å². The molecule has 31 heavy (non-hydrogen) atoms. The molecule has 9 heteroatoms. The second kappa shape index (κ2) is 8.44. The van der Waals surface area contributed by atoms with Crippen LogP contribution in [0.3, 0.4) is 0 Å². The lowest BCUT2D eigenvalue weighted by molar-refractivity contribution is 0.431. The Hall–Kier alpha value is -2.11. The quantitative estimate of drug-likeness (QED) is 0.201. The van der Waals surface area contributed by atoms with Gasteiger partial charge in [-0.2, -0.15) is 0 Å². The molecule has 0 bridgehead atoms. The molecule has 0 aliphatic heterocycles. The Kier molecular flexibility index (Phi) is 6.01. The molecule has 1 aromatic heterocycles. The maximum Gasteiger partial charge on any atom is 0.268 e. The molecular weight excluding hydrogens is 555 g/mol. The molecule has 0 N–H and O–H groups in total. The molecule has 0 saturated carbocycles. The van der Waals surface area contributed by atoms with Gasteiger partial charge >= 0.3 is 0 Å². The van der Waals surface area contributed by atoms with Gasteiger partial charge in [0.1, 0.15) is 11.6 Å². The summed E-state index contributed by atoms with van der Waals surface area (Å²) in [4.78, 5) is 0.565. The zero-order valence-electron chi connectivity index (χ0n) is 16.4. The molecule has 4 nitrogen and oxygen atoms in total. The van der Waals surface area contributed by atoms with Crippen LogP contribution in [0.25, 0.3) is 10.9 Å². The summed E-state index contributed by atoms with van der Waals surface area (Å²) < 4.78 is 62.1. The highest BCUT2D eigenvalue weighted by Gasteiger charge is 2.23. The zero-order valence-corrected chi connectivity index (χ0v) is 20.2. The number of fused-ring (bicyclic) bond motifs is 1. The summed E-state index contributed by atoms with van der Waals surface area (Å²) in [6, 6.07) is 13.4. The molecule has 0 aliphatic carbocycles. The van der Waals surface area contributed by atoms with Gasteiger partial charge in [0.25, 0.3) is 10.0 Å². The molecule has 0 amide bonds. The monoisotopic (exact) mass is 571 g/mol. The van der Waals surface area contributed by atoms with Crippen LogP contribution in [-0.4, -0.2) is 18.6 Å². The van der Waals surface area contributed by atoms with E-state index in [9.17, 15) is 12.8 Å². The standard InChI is InChI=1S/C22H16F2INO3S2/c1-13-3-6-15(7-4-13)31(27,28)26-10-9-16-20(26)12-18(24)21(22(16)30-2)29-14-5-8-17(23)19(25)11-14/h3-12H,1-2H3. The Labute approximate surface area is 196 Å². The normalized spacial score (nSPS) is 11.8. The molecule has 3 aromatic carbocycles. The van der Waals surface area contributed by atoms with Crippen molar-refractivity contribution in [1.29, 1.82) is 0 Å². The third-order valence-electron chi connectivity index (χ3n) is 4.71. The van der Waals surface area contributed by atoms with Gasteiger partial charge < -0.3 is 4.74 Å². The first kappa shape index (κ1) is 22.1. The van der Waals surface area contributed by atoms with Gasteiger partial charge in [-0.15, -0.1) is 11.8 Å². The minimum atomic E-state index is -3.91. The maximum atomic E-state index is 15.1. The van der Waals surface area contributed by atoms with E-state index in [0.29, 0.717) is 13.9 Å². The average molecular weight is 571 g/mol. The first-order valence-electron chi connectivity index (χ1n) is 9.05. The largest absolute Gasteiger partial charge is 0.453 e. The van der Waals surface area contributed by atoms with E-state index in [1.807, 2.05) is 29.5 Å². The van der Waals surface area contributed by atoms with Crippen molar-refractivity contribution in [2.24, 2.45) is 0 Å². The van der Waals surface area contributed by atoms with Crippen LogP contribution < -0.4 is 4.74 Å². The van der Waals surface area contributed by atoms with E-state index in [4.69, 9.17) is 4.74 Å². The molecule has 0 unspecified atom stereocenters. The van der Waals surface area contributed by atoms with Crippen molar-refractivity contribution in [2.45, 2.75) is 16.7 Å². The predicted molar refractivity (Wildman–Crippen MR) is 127 cm³/mol. The van der Waals surface area contributed by atoms with Crippen LogP contribution in [0.15, 0.2) is 70.6 Å². The highest BCUT2D eigenvalue weighted by molar-refractivity contribution is 14.1. The van der Waals surface area contributed by atoms with Crippen LogP contribution in [0, 0.1) is 22.1 Å². The Morgan fingerprint density at radius 1 is 1.00 bits per heavy atom. The molecule has 0 atom stereocenters. The number of benzene rings is 3. The van der Waals surface area contributed by atoms with E-state index in [0.717, 1.165) is 15.6 Å². The number of nitrogens with zero attached hydrogens (tertiary/aromatic N) is 1. The summed E-state index contributed by atoms with van der Waals surface area (Å²) in [6.45, 7) is 1.87. The van der Waals surface area contributed by atoms with Gasteiger partial charge in [-0.1, -0.05) is 17.7 Å². The Morgan fingerprint density at radius 2 is 1.71 bits per heavy atom. The molecule has 0 spiro atoms. The lowest BCUT2D eigenvalue weighted by atomic mass is 10.2. The summed E-state index contributed by atoms with van der Waals surface area (Å²) >= 11 is 3.07. The molecule has 160 valence electrons. The molecule has 4 rings (SSSR count). The van der Waals surface area contributed by atoms with Crippen LogP contribution in [0.2, 0.25) is 0 Å². The van der Waals surface area contributed by atoms with Crippen molar-refractivity contribution in [1.82, 2.24) is 3.97 Å². The number of aryl methyl sites for hydroxylation is 1. The fourth-order valence-corrected chi connectivity index (χ4v) is 5.71. The van der Waals surface area contributed by atoms with Crippen molar-refractivity contribution >= 4 is 55.3 Å². The number of hydrogen-bond donors (Lipinski definition) is 0. The van der Waals surface area contributed by atoms with E-state index in [1.54, 1.807) is 24.5 Å². The van der Waals surface area contributed by atoms with Crippen molar-refractivity contribution < 1.29 is 21.9 Å². The lowest BCUT2D eigenvalue weighted by Crippen LogP contribution is -2.12. The molecule has 1 heterocycles. The number of thioether (sulfide) groups is 1. The van der Waals surface area contributed by atoms with Gasteiger partial charge in [-0.3, -0.25) is 0 Å². The summed E-state index contributed by atoms with van der Waals surface area (Å²) in [5.74, 6) is -0.860. The van der Waals surface area contributed by atoms with Crippen molar-refractivity contribution in [3.05, 3.63) is 81.6 Å². The molecule has 0 fully saturated rings. The molecule has 4 aromatic rings. The van der Waals surface area contributed by atoms with Gasteiger partial charge in [-0.05, 0) is 72.2 Å². The van der Waals surface area contributed by atoms with Gasteiger partial charge in [0.05, 0.1) is 18.9 Å². The average Bonchev–Trinajstić information content (AvgIpc) is 3.15. The smallest absolute Gasteiger partial charge is 0.268 e. The summed E-state index contributed by atoms with van der Waals surface area (Å²) in [5.41, 5.74) is 1.15. The highest BCUT2D eigenvalue weighted by Crippen LogP contribution is 2.41. The molecule has 0 saturated heterocycles. The van der Waals surface area contributed by atoms with E-state index in [-0.39, 0.29) is 21.9 Å². The number of aromatic nitrogens is 1. The second-order valence-electron chi connectivity index (χ2n) is 6.76. The first-order chi connectivity index (χ1) is 14.7. The highest BCUT2D eigenvalue weighted by atomic mass is 127. The minimum absolute atomic E-state index is 0.0344. The van der Waals surface area contributed by atoms with Crippen LogP contribution >= 0.6 is 34.4 Å². The predicted octanol–water partition coefficient (Wildman–Crippen LogP) is 6.58. The summed E-state index contributed by atoms with van der Waals surface area (Å²) in [7, 11) is -3.91. The van der Waals surface area contributed by atoms with Crippen molar-refractivity contribution in [3.8, 4) is 11.5 Å². The lowest BCUT2D eigenvalue weighted by Gasteiger charge is -2.14. The van der Waals surface area contributed by atoms with Gasteiger partial charge in [0, 0.05) is 17.6 Å². The molecule has 0 radical (unpaired) electrons. The number of rotatable bonds is 5. The Bertz CT molecular complexity index is 1400. The molecule has 0 aliphatic rings. The topological polar surface area (TPSA) is 48.3 Å². The van der Waals surface area contributed by atoms with Gasteiger partial charge in [0.15, 0.2) is 11.6 Å². The number of ether oxygens (including phenoxy) is 1. The van der Waals surface area contributed by atoms with Crippen LogP contribution in [0.1, 0.15) is 5.56 Å². The number of halogens is 3. The minimum Gasteiger partial charge on any atom is -0.453 e. The summed E-state index contributed by atoms with van der Waals surface area (Å²) in [6.07, 6.45) is 3.16. The molecular formula is C22H16F2INO3S2. The second-order valence-corrected chi connectivity index (χ2v) is 10.6. The fraction of sp³-hybridized carbons (Fsp3) is 0.0909. The van der Waals surface area contributed by atoms with Crippen molar-refractivity contribution in [2.75, 3.05) is 6.26 Å². The third-order valence-corrected chi connectivity index (χ3v) is 8.06. The van der Waals surface area contributed by atoms with Gasteiger partial charge in [0.2, 0.25) is 0 Å². The third kappa shape index (κ3) is 4.06. The van der Waals surface area contributed by atoms with E-state index >= 15 is 4.39 Å². The number of hydrogen-bond acceptors (Lipinski definition) is 4. The van der Waals surface area contributed by atoms with E-state index < -0.39 is 21.7 Å². The maximum absolute atomic E-state index is 15.1. The zero-order chi connectivity index (χ0) is 22.3.